The summed E-state index contributed by atoms with van der Waals surface area (Å²) >= 11 is 0. The van der Waals surface area contributed by atoms with Crippen LogP contribution in [0.1, 0.15) is 36.8 Å². The minimum Gasteiger partial charge on any atom is -0.382 e. The number of sulfone groups is 1. The van der Waals surface area contributed by atoms with Gasteiger partial charge in [-0.05, 0) is 61.8 Å². The third kappa shape index (κ3) is 5.61. The maximum Gasteiger partial charge on any atom is 0.309 e. The van der Waals surface area contributed by atoms with Crippen molar-refractivity contribution in [2.45, 2.75) is 38.5 Å². The summed E-state index contributed by atoms with van der Waals surface area (Å²) in [5.41, 5.74) is 2.43. The van der Waals surface area contributed by atoms with Gasteiger partial charge in [0.2, 0.25) is 0 Å². The lowest BCUT2D eigenvalue weighted by Gasteiger charge is -2.16. The first-order valence-corrected chi connectivity index (χ1v) is 11.1. The Morgan fingerprint density at radius 3 is 2.27 bits per heavy atom. The summed E-state index contributed by atoms with van der Waals surface area (Å²) in [7, 11) is -6.72. The molecule has 2 rings (SSSR count). The van der Waals surface area contributed by atoms with Crippen molar-refractivity contribution in [2.75, 3.05) is 17.8 Å². The van der Waals surface area contributed by atoms with Crippen LogP contribution < -0.4 is 4.18 Å². The quantitative estimate of drug-likeness (QED) is 0.558. The maximum absolute atomic E-state index is 11.9. The minimum absolute atomic E-state index is 0.00135. The van der Waals surface area contributed by atoms with Crippen molar-refractivity contribution in [3.8, 4) is 5.75 Å². The Balaban J connectivity index is 1.91. The summed E-state index contributed by atoms with van der Waals surface area (Å²) in [4.78, 5) is 0. The van der Waals surface area contributed by atoms with Gasteiger partial charge < -0.3 is 4.18 Å². The first kappa shape index (κ1) is 17.3. The van der Waals surface area contributed by atoms with Gasteiger partial charge in [0.05, 0.1) is 5.75 Å². The number of aryl methyl sites for hydroxylation is 2. The van der Waals surface area contributed by atoms with Crippen molar-refractivity contribution in [2.24, 2.45) is 0 Å². The van der Waals surface area contributed by atoms with Crippen LogP contribution in [-0.2, 0) is 32.8 Å². The molecule has 0 aromatic heterocycles. The second-order valence-electron chi connectivity index (χ2n) is 5.82. The van der Waals surface area contributed by atoms with Crippen LogP contribution in [0.3, 0.4) is 0 Å². The van der Waals surface area contributed by atoms with Gasteiger partial charge >= 0.3 is 10.1 Å². The van der Waals surface area contributed by atoms with Crippen LogP contribution in [0.2, 0.25) is 0 Å². The van der Waals surface area contributed by atoms with E-state index in [4.69, 9.17) is 4.18 Å². The molecule has 5 nitrogen and oxygen atoms in total. The normalized spacial score (nSPS) is 15.3. The molecule has 0 unspecified atom stereocenters. The lowest BCUT2D eigenvalue weighted by Crippen LogP contribution is -2.15. The first-order valence-electron chi connectivity index (χ1n) is 7.47. The van der Waals surface area contributed by atoms with Crippen molar-refractivity contribution in [3.05, 3.63) is 29.3 Å². The van der Waals surface area contributed by atoms with E-state index in [0.29, 0.717) is 12.2 Å². The van der Waals surface area contributed by atoms with Crippen LogP contribution in [0.15, 0.2) is 18.2 Å². The van der Waals surface area contributed by atoms with Crippen LogP contribution in [0.25, 0.3) is 0 Å². The summed E-state index contributed by atoms with van der Waals surface area (Å²) in [6.45, 7) is 0. The van der Waals surface area contributed by atoms with Gasteiger partial charge in [-0.15, -0.1) is 0 Å². The predicted molar refractivity (Wildman–Crippen MR) is 86.4 cm³/mol. The summed E-state index contributed by atoms with van der Waals surface area (Å²) in [6, 6.07) is 5.43. The summed E-state index contributed by atoms with van der Waals surface area (Å²) in [5.74, 6) is 0.185. The average molecular weight is 346 g/mol. The molecule has 1 aliphatic carbocycles. The molecular formula is C15H22O5S2. The summed E-state index contributed by atoms with van der Waals surface area (Å²) in [6.07, 6.45) is 6.03. The van der Waals surface area contributed by atoms with Crippen LogP contribution in [0.4, 0.5) is 0 Å². The third-order valence-electron chi connectivity index (χ3n) is 3.70. The predicted octanol–water partition coefficient (Wildman–Crippen LogP) is 2.10. The molecule has 0 heterocycles. The van der Waals surface area contributed by atoms with E-state index >= 15 is 0 Å². The van der Waals surface area contributed by atoms with E-state index in [1.165, 1.54) is 12.0 Å². The highest BCUT2D eigenvalue weighted by Crippen LogP contribution is 2.26. The SMILES string of the molecule is CS(=O)(=O)CCCCS(=O)(=O)Oc1ccc2c(c1)CCCC2. The molecule has 7 heteroatoms. The Kier molecular flexibility index (Phi) is 5.50. The lowest BCUT2D eigenvalue weighted by molar-refractivity contribution is 0.482. The standard InChI is InChI=1S/C15H22O5S2/c1-21(16,17)10-4-5-11-22(18,19)20-15-9-8-13-6-2-3-7-14(13)12-15/h8-9,12H,2-7,10-11H2,1H3. The topological polar surface area (TPSA) is 77.5 Å². The summed E-state index contributed by atoms with van der Waals surface area (Å²) < 4.78 is 51.0. The van der Waals surface area contributed by atoms with E-state index in [9.17, 15) is 16.8 Å². The second-order valence-corrected chi connectivity index (χ2v) is 9.77. The molecule has 1 aliphatic rings. The van der Waals surface area contributed by atoms with Gasteiger partial charge in [-0.25, -0.2) is 8.42 Å². The fourth-order valence-corrected chi connectivity index (χ4v) is 4.36. The molecule has 0 saturated heterocycles. The molecule has 0 N–H and O–H groups in total. The molecular weight excluding hydrogens is 324 g/mol. The zero-order chi connectivity index (χ0) is 16.2. The molecule has 0 aliphatic heterocycles. The Bertz CT molecular complexity index is 720. The molecule has 0 amide bonds. The zero-order valence-corrected chi connectivity index (χ0v) is 14.4. The summed E-state index contributed by atoms with van der Waals surface area (Å²) in [5, 5.41) is 0. The fourth-order valence-electron chi connectivity index (χ4n) is 2.59. The van der Waals surface area contributed by atoms with Gasteiger partial charge in [0.15, 0.2) is 0 Å². The molecule has 0 bridgehead atoms. The van der Waals surface area contributed by atoms with Crippen LogP contribution in [-0.4, -0.2) is 34.6 Å². The van der Waals surface area contributed by atoms with Gasteiger partial charge in [-0.1, -0.05) is 6.07 Å². The Morgan fingerprint density at radius 1 is 0.955 bits per heavy atom. The molecule has 1 aromatic carbocycles. The molecule has 0 radical (unpaired) electrons. The minimum atomic E-state index is -3.67. The van der Waals surface area contributed by atoms with E-state index in [0.717, 1.165) is 31.1 Å². The van der Waals surface area contributed by atoms with Gasteiger partial charge in [0.1, 0.15) is 15.6 Å². The second kappa shape index (κ2) is 7.00. The smallest absolute Gasteiger partial charge is 0.309 e. The highest BCUT2D eigenvalue weighted by molar-refractivity contribution is 7.90. The molecule has 0 fully saturated rings. The van der Waals surface area contributed by atoms with Crippen LogP contribution in [0.5, 0.6) is 5.75 Å². The van der Waals surface area contributed by atoms with Gasteiger partial charge in [-0.3, -0.25) is 0 Å². The molecule has 22 heavy (non-hydrogen) atoms. The fraction of sp³-hybridized carbons (Fsp3) is 0.600. The number of benzene rings is 1. The van der Waals surface area contributed by atoms with E-state index in [2.05, 4.69) is 0 Å². The Morgan fingerprint density at radius 2 is 1.59 bits per heavy atom. The largest absolute Gasteiger partial charge is 0.382 e. The van der Waals surface area contributed by atoms with Crippen molar-refractivity contribution < 1.29 is 21.0 Å². The number of rotatable bonds is 7. The average Bonchev–Trinajstić information content (AvgIpc) is 2.42. The molecule has 0 saturated carbocycles. The van der Waals surface area contributed by atoms with E-state index in [1.807, 2.05) is 12.1 Å². The lowest BCUT2D eigenvalue weighted by atomic mass is 9.92. The number of fused-ring (bicyclic) bond motifs is 1. The first-order chi connectivity index (χ1) is 10.3. The maximum atomic E-state index is 11.9. The third-order valence-corrected chi connectivity index (χ3v) is 5.97. The van der Waals surface area contributed by atoms with Crippen molar-refractivity contribution >= 4 is 20.0 Å². The van der Waals surface area contributed by atoms with Gasteiger partial charge in [0.25, 0.3) is 0 Å². The Labute approximate surface area is 132 Å². The van der Waals surface area contributed by atoms with Crippen LogP contribution in [0, 0.1) is 0 Å². The van der Waals surface area contributed by atoms with Crippen molar-refractivity contribution in [1.82, 2.24) is 0 Å². The van der Waals surface area contributed by atoms with E-state index in [1.54, 1.807) is 6.07 Å². The monoisotopic (exact) mass is 346 g/mol. The Hall–Kier alpha value is -1.08. The number of hydrogen-bond donors (Lipinski definition) is 0. The highest BCUT2D eigenvalue weighted by Gasteiger charge is 2.16. The van der Waals surface area contributed by atoms with Crippen molar-refractivity contribution in [1.29, 1.82) is 0 Å². The van der Waals surface area contributed by atoms with Gasteiger partial charge in [0, 0.05) is 12.0 Å². The zero-order valence-electron chi connectivity index (χ0n) is 12.7. The molecule has 1 aromatic rings. The van der Waals surface area contributed by atoms with Crippen molar-refractivity contribution in [3.63, 3.8) is 0 Å². The number of hydrogen-bond acceptors (Lipinski definition) is 5. The van der Waals surface area contributed by atoms with Gasteiger partial charge in [-0.2, -0.15) is 8.42 Å². The van der Waals surface area contributed by atoms with Crippen LogP contribution >= 0.6 is 0 Å². The number of unbranched alkanes of at least 4 members (excludes halogenated alkanes) is 1. The van der Waals surface area contributed by atoms with E-state index < -0.39 is 20.0 Å². The highest BCUT2D eigenvalue weighted by atomic mass is 32.2. The molecule has 124 valence electrons. The molecule has 0 atom stereocenters. The molecule has 0 spiro atoms. The van der Waals surface area contributed by atoms with E-state index in [-0.39, 0.29) is 17.9 Å².